The first kappa shape index (κ1) is 13.7. The van der Waals surface area contributed by atoms with Crippen molar-refractivity contribution in [3.8, 4) is 0 Å². The molecule has 13 heavy (non-hydrogen) atoms. The zero-order valence-corrected chi connectivity index (χ0v) is 10.6. The molecule has 1 atom stereocenters. The van der Waals surface area contributed by atoms with Gasteiger partial charge in [0.2, 0.25) is 0 Å². The highest BCUT2D eigenvalue weighted by molar-refractivity contribution is 7.99. The monoisotopic (exact) mass is 221 g/mol. The van der Waals surface area contributed by atoms with Crippen molar-refractivity contribution in [1.82, 2.24) is 5.32 Å². The second-order valence-electron chi connectivity index (χ2n) is 3.32. The summed E-state index contributed by atoms with van der Waals surface area (Å²) < 4.78 is 0. The smallest absolute Gasteiger partial charge is 0.0417 e. The predicted molar refractivity (Wildman–Crippen MR) is 67.9 cm³/mol. The Morgan fingerprint density at radius 1 is 1.38 bits per heavy atom. The van der Waals surface area contributed by atoms with Crippen LogP contribution in [-0.4, -0.2) is 23.9 Å². The molecule has 80 valence electrons. The summed E-state index contributed by atoms with van der Waals surface area (Å²) in [5.74, 6) is 4.14. The number of nitrogens with one attached hydrogen (secondary N) is 1. The van der Waals surface area contributed by atoms with E-state index in [2.05, 4.69) is 31.8 Å². The lowest BCUT2D eigenvalue weighted by atomic mass is 10.1. The number of unbranched alkanes of at least 4 members (excludes halogenated alkanes) is 1. The summed E-state index contributed by atoms with van der Waals surface area (Å²) in [6, 6.07) is 0. The van der Waals surface area contributed by atoms with Gasteiger partial charge in [0.25, 0.3) is 0 Å². The van der Waals surface area contributed by atoms with Gasteiger partial charge in [0.15, 0.2) is 0 Å². The van der Waals surface area contributed by atoms with E-state index >= 15 is 0 Å². The molecular formula is C10H23NS2. The van der Waals surface area contributed by atoms with Gasteiger partial charge >= 0.3 is 0 Å². The van der Waals surface area contributed by atoms with Gasteiger partial charge in [0, 0.05) is 5.88 Å². The maximum absolute atomic E-state index is 4.31. The van der Waals surface area contributed by atoms with Crippen LogP contribution >= 0.6 is 24.4 Å². The van der Waals surface area contributed by atoms with Gasteiger partial charge < -0.3 is 5.32 Å². The van der Waals surface area contributed by atoms with Gasteiger partial charge in [-0.1, -0.05) is 26.7 Å². The summed E-state index contributed by atoms with van der Waals surface area (Å²) in [4.78, 5) is 0. The molecule has 1 nitrogen and oxygen atoms in total. The van der Waals surface area contributed by atoms with E-state index in [0.29, 0.717) is 0 Å². The van der Waals surface area contributed by atoms with Crippen molar-refractivity contribution in [2.24, 2.45) is 5.92 Å². The summed E-state index contributed by atoms with van der Waals surface area (Å²) in [7, 11) is 0. The van der Waals surface area contributed by atoms with Crippen LogP contribution < -0.4 is 5.32 Å². The largest absolute Gasteiger partial charge is 0.308 e. The number of hydrogen-bond acceptors (Lipinski definition) is 3. The number of hydrogen-bond donors (Lipinski definition) is 2. The molecule has 0 saturated carbocycles. The SMILES string of the molecule is CCCCSCNC[C@@H](CC)CS. The van der Waals surface area contributed by atoms with E-state index < -0.39 is 0 Å². The Bertz CT molecular complexity index is 94.9. The van der Waals surface area contributed by atoms with Crippen LogP contribution in [0.3, 0.4) is 0 Å². The topological polar surface area (TPSA) is 12.0 Å². The van der Waals surface area contributed by atoms with Crippen LogP contribution in [0, 0.1) is 5.92 Å². The number of rotatable bonds is 9. The molecule has 0 aromatic rings. The first-order valence-electron chi connectivity index (χ1n) is 5.24. The van der Waals surface area contributed by atoms with E-state index in [1.54, 1.807) is 0 Å². The Morgan fingerprint density at radius 3 is 2.69 bits per heavy atom. The van der Waals surface area contributed by atoms with Gasteiger partial charge in [0.1, 0.15) is 0 Å². The number of thiol groups is 1. The van der Waals surface area contributed by atoms with E-state index in [1.165, 1.54) is 25.0 Å². The van der Waals surface area contributed by atoms with Gasteiger partial charge in [-0.2, -0.15) is 12.6 Å². The summed E-state index contributed by atoms with van der Waals surface area (Å²) in [6.45, 7) is 5.59. The first-order valence-corrected chi connectivity index (χ1v) is 7.03. The average molecular weight is 221 g/mol. The van der Waals surface area contributed by atoms with E-state index in [-0.39, 0.29) is 0 Å². The molecule has 1 N–H and O–H groups in total. The zero-order chi connectivity index (χ0) is 9.94. The van der Waals surface area contributed by atoms with E-state index in [4.69, 9.17) is 0 Å². The van der Waals surface area contributed by atoms with Crippen molar-refractivity contribution >= 4 is 24.4 Å². The molecular weight excluding hydrogens is 198 g/mol. The molecule has 0 bridgehead atoms. The molecule has 0 saturated heterocycles. The Morgan fingerprint density at radius 2 is 2.15 bits per heavy atom. The van der Waals surface area contributed by atoms with E-state index in [0.717, 1.165) is 24.1 Å². The maximum atomic E-state index is 4.31. The Balaban J connectivity index is 3.05. The lowest BCUT2D eigenvalue weighted by Crippen LogP contribution is -2.23. The van der Waals surface area contributed by atoms with Crippen LogP contribution in [0.25, 0.3) is 0 Å². The Labute approximate surface area is 92.9 Å². The van der Waals surface area contributed by atoms with Crippen LogP contribution in [0.4, 0.5) is 0 Å². The second kappa shape index (κ2) is 10.7. The van der Waals surface area contributed by atoms with Crippen molar-refractivity contribution in [1.29, 1.82) is 0 Å². The van der Waals surface area contributed by atoms with Gasteiger partial charge in [-0.3, -0.25) is 0 Å². The summed E-state index contributed by atoms with van der Waals surface area (Å²) in [5, 5.41) is 3.46. The van der Waals surface area contributed by atoms with Crippen LogP contribution in [-0.2, 0) is 0 Å². The van der Waals surface area contributed by atoms with Crippen LogP contribution in [0.5, 0.6) is 0 Å². The molecule has 0 aliphatic rings. The van der Waals surface area contributed by atoms with Crippen LogP contribution in [0.2, 0.25) is 0 Å². The maximum Gasteiger partial charge on any atom is 0.0417 e. The molecule has 0 aromatic heterocycles. The fourth-order valence-corrected chi connectivity index (χ4v) is 2.28. The fraction of sp³-hybridized carbons (Fsp3) is 1.00. The third kappa shape index (κ3) is 8.98. The normalized spacial score (nSPS) is 13.2. The Kier molecular flexibility index (Phi) is 11.3. The van der Waals surface area contributed by atoms with E-state index in [1.807, 2.05) is 11.8 Å². The minimum Gasteiger partial charge on any atom is -0.308 e. The fourth-order valence-electron chi connectivity index (χ4n) is 0.992. The second-order valence-corrected chi connectivity index (χ2v) is 4.79. The summed E-state index contributed by atoms with van der Waals surface area (Å²) >= 11 is 6.31. The van der Waals surface area contributed by atoms with E-state index in [9.17, 15) is 0 Å². The van der Waals surface area contributed by atoms with Crippen molar-refractivity contribution in [3.05, 3.63) is 0 Å². The lowest BCUT2D eigenvalue weighted by molar-refractivity contribution is 0.533. The van der Waals surface area contributed by atoms with Crippen LogP contribution in [0.15, 0.2) is 0 Å². The zero-order valence-electron chi connectivity index (χ0n) is 8.88. The molecule has 0 aliphatic heterocycles. The van der Waals surface area contributed by atoms with Crippen molar-refractivity contribution in [3.63, 3.8) is 0 Å². The minimum atomic E-state index is 0.745. The van der Waals surface area contributed by atoms with Crippen LogP contribution in [0.1, 0.15) is 33.1 Å². The molecule has 0 spiro atoms. The van der Waals surface area contributed by atoms with Crippen molar-refractivity contribution in [2.45, 2.75) is 33.1 Å². The summed E-state index contributed by atoms with van der Waals surface area (Å²) in [5.41, 5.74) is 0. The van der Waals surface area contributed by atoms with Gasteiger partial charge in [-0.25, -0.2) is 0 Å². The van der Waals surface area contributed by atoms with Gasteiger partial charge in [0.05, 0.1) is 0 Å². The Hall–Kier alpha value is 0.660. The molecule has 0 amide bonds. The van der Waals surface area contributed by atoms with Crippen molar-refractivity contribution in [2.75, 3.05) is 23.9 Å². The molecule has 0 aliphatic carbocycles. The molecule has 0 rings (SSSR count). The predicted octanol–water partition coefficient (Wildman–Crippen LogP) is 3.02. The third-order valence-electron chi connectivity index (χ3n) is 2.11. The average Bonchev–Trinajstić information content (AvgIpc) is 2.17. The van der Waals surface area contributed by atoms with Gasteiger partial charge in [-0.15, -0.1) is 11.8 Å². The molecule has 0 radical (unpaired) electrons. The number of thioether (sulfide) groups is 1. The van der Waals surface area contributed by atoms with Gasteiger partial charge in [-0.05, 0) is 30.4 Å². The first-order chi connectivity index (χ1) is 6.35. The minimum absolute atomic E-state index is 0.745. The third-order valence-corrected chi connectivity index (χ3v) is 3.62. The van der Waals surface area contributed by atoms with Crippen molar-refractivity contribution < 1.29 is 0 Å². The highest BCUT2D eigenvalue weighted by Gasteiger charge is 2.01. The lowest BCUT2D eigenvalue weighted by Gasteiger charge is -2.12. The molecule has 0 heterocycles. The molecule has 3 heteroatoms. The molecule has 0 fully saturated rings. The molecule has 0 unspecified atom stereocenters. The standard InChI is InChI=1S/C10H23NS2/c1-3-5-6-13-9-11-7-10(4-2)8-12/h10-12H,3-9H2,1-2H3/t10-/m1/s1. The highest BCUT2D eigenvalue weighted by atomic mass is 32.2. The molecule has 0 aromatic carbocycles. The summed E-state index contributed by atoms with van der Waals surface area (Å²) in [6.07, 6.45) is 3.88. The quantitative estimate of drug-likeness (QED) is 0.353. The highest BCUT2D eigenvalue weighted by Crippen LogP contribution is 2.05.